The van der Waals surface area contributed by atoms with Gasteiger partial charge in [-0.25, -0.2) is 0 Å². The van der Waals surface area contributed by atoms with E-state index in [4.69, 9.17) is 11.0 Å². The highest BCUT2D eigenvalue weighted by Crippen LogP contribution is 2.16. The number of hydrogen-bond donors (Lipinski definition) is 2. The van der Waals surface area contributed by atoms with Crippen molar-refractivity contribution in [2.45, 2.75) is 0 Å². The molecular formula is C13H10N4O. The fourth-order valence-electron chi connectivity index (χ4n) is 1.47. The number of nitrogens with zero attached hydrogens (tertiary/aromatic N) is 2. The predicted octanol–water partition coefficient (Wildman–Crippen LogP) is 1.79. The summed E-state index contributed by atoms with van der Waals surface area (Å²) in [6.07, 6.45) is 2.90. The average Bonchev–Trinajstić information content (AvgIpc) is 2.39. The molecular weight excluding hydrogens is 228 g/mol. The molecule has 1 heterocycles. The van der Waals surface area contributed by atoms with Crippen molar-refractivity contribution in [3.05, 3.63) is 53.9 Å². The highest BCUT2D eigenvalue weighted by molar-refractivity contribution is 6.07. The molecule has 0 saturated heterocycles. The minimum Gasteiger partial charge on any atom is -0.398 e. The SMILES string of the molecule is N#Cc1ccccc1NC(=O)c1cnccc1N. The maximum atomic E-state index is 12.0. The standard InChI is InChI=1S/C13H10N4O/c14-7-9-3-1-2-4-12(9)17-13(18)10-8-16-6-5-11(10)15/h1-6,8H,(H2,15,16)(H,17,18). The third kappa shape index (κ3) is 2.28. The third-order valence-corrected chi connectivity index (χ3v) is 2.40. The highest BCUT2D eigenvalue weighted by atomic mass is 16.1. The van der Waals surface area contributed by atoms with Crippen molar-refractivity contribution < 1.29 is 4.79 Å². The molecule has 5 nitrogen and oxygen atoms in total. The predicted molar refractivity (Wildman–Crippen MR) is 67.8 cm³/mol. The number of anilines is 2. The fraction of sp³-hybridized carbons (Fsp3) is 0. The Morgan fingerprint density at radius 2 is 2.11 bits per heavy atom. The summed E-state index contributed by atoms with van der Waals surface area (Å²) in [5, 5.41) is 11.6. The van der Waals surface area contributed by atoms with E-state index in [9.17, 15) is 4.79 Å². The second-order valence-electron chi connectivity index (χ2n) is 3.57. The van der Waals surface area contributed by atoms with Gasteiger partial charge in [-0.3, -0.25) is 9.78 Å². The van der Waals surface area contributed by atoms with Gasteiger partial charge in [0.25, 0.3) is 5.91 Å². The van der Waals surface area contributed by atoms with Gasteiger partial charge in [0.05, 0.1) is 16.8 Å². The van der Waals surface area contributed by atoms with E-state index in [-0.39, 0.29) is 11.5 Å². The van der Waals surface area contributed by atoms with Crippen LogP contribution in [0.15, 0.2) is 42.7 Å². The number of carbonyl (C=O) groups is 1. The molecule has 2 rings (SSSR count). The topological polar surface area (TPSA) is 91.8 Å². The van der Waals surface area contributed by atoms with Crippen LogP contribution in [0.5, 0.6) is 0 Å². The normalized spacial score (nSPS) is 9.50. The number of nitrogens with one attached hydrogen (secondary N) is 1. The number of pyridine rings is 1. The summed E-state index contributed by atoms with van der Waals surface area (Å²) in [7, 11) is 0. The van der Waals surface area contributed by atoms with Gasteiger partial charge in [0.15, 0.2) is 0 Å². The molecule has 1 aromatic carbocycles. The number of hydrogen-bond acceptors (Lipinski definition) is 4. The number of nitriles is 1. The number of rotatable bonds is 2. The Kier molecular flexibility index (Phi) is 3.21. The average molecular weight is 238 g/mol. The minimum absolute atomic E-state index is 0.283. The largest absolute Gasteiger partial charge is 0.398 e. The maximum Gasteiger partial charge on any atom is 0.259 e. The Labute approximate surface area is 104 Å². The lowest BCUT2D eigenvalue weighted by atomic mass is 10.1. The van der Waals surface area contributed by atoms with Crippen molar-refractivity contribution in [3.8, 4) is 6.07 Å². The number of nitrogen functional groups attached to an aromatic ring is 1. The second-order valence-corrected chi connectivity index (χ2v) is 3.57. The Morgan fingerprint density at radius 1 is 1.33 bits per heavy atom. The van der Waals surface area contributed by atoms with Crippen LogP contribution in [0.4, 0.5) is 11.4 Å². The van der Waals surface area contributed by atoms with Crippen molar-refractivity contribution in [2.75, 3.05) is 11.1 Å². The number of nitrogens with two attached hydrogens (primary N) is 1. The molecule has 0 fully saturated rings. The number of benzene rings is 1. The zero-order valence-electron chi connectivity index (χ0n) is 9.42. The van der Waals surface area contributed by atoms with Crippen LogP contribution in [0.2, 0.25) is 0 Å². The Balaban J connectivity index is 2.28. The molecule has 0 aliphatic rings. The number of amides is 1. The third-order valence-electron chi connectivity index (χ3n) is 2.40. The molecule has 0 bridgehead atoms. The molecule has 0 aliphatic heterocycles. The van der Waals surface area contributed by atoms with Crippen molar-refractivity contribution in [1.82, 2.24) is 4.98 Å². The molecule has 5 heteroatoms. The summed E-state index contributed by atoms with van der Waals surface area (Å²) in [6, 6.07) is 10.3. The van der Waals surface area contributed by atoms with Gasteiger partial charge in [-0.1, -0.05) is 12.1 Å². The first-order valence-electron chi connectivity index (χ1n) is 5.22. The van der Waals surface area contributed by atoms with Gasteiger partial charge in [0.2, 0.25) is 0 Å². The number of carbonyl (C=O) groups excluding carboxylic acids is 1. The van der Waals surface area contributed by atoms with E-state index in [1.165, 1.54) is 12.4 Å². The van der Waals surface area contributed by atoms with Crippen molar-refractivity contribution in [3.63, 3.8) is 0 Å². The van der Waals surface area contributed by atoms with E-state index in [0.717, 1.165) is 0 Å². The Hall–Kier alpha value is -2.87. The first-order chi connectivity index (χ1) is 8.72. The van der Waals surface area contributed by atoms with Crippen LogP contribution in [-0.4, -0.2) is 10.9 Å². The summed E-state index contributed by atoms with van der Waals surface area (Å²) in [6.45, 7) is 0. The molecule has 0 unspecified atom stereocenters. The molecule has 88 valence electrons. The molecule has 0 radical (unpaired) electrons. The second kappa shape index (κ2) is 4.97. The minimum atomic E-state index is -0.386. The van der Waals surface area contributed by atoms with E-state index in [1.807, 2.05) is 6.07 Å². The number of para-hydroxylation sites is 1. The van der Waals surface area contributed by atoms with E-state index in [1.54, 1.807) is 30.3 Å². The van der Waals surface area contributed by atoms with Crippen LogP contribution in [0.25, 0.3) is 0 Å². The van der Waals surface area contributed by atoms with Crippen LogP contribution in [0, 0.1) is 11.3 Å². The highest BCUT2D eigenvalue weighted by Gasteiger charge is 2.11. The van der Waals surface area contributed by atoms with E-state index in [0.29, 0.717) is 16.9 Å². The molecule has 0 spiro atoms. The number of aromatic nitrogens is 1. The van der Waals surface area contributed by atoms with Gasteiger partial charge >= 0.3 is 0 Å². The monoisotopic (exact) mass is 238 g/mol. The quantitative estimate of drug-likeness (QED) is 0.834. The molecule has 3 N–H and O–H groups in total. The molecule has 0 aliphatic carbocycles. The summed E-state index contributed by atoms with van der Waals surface area (Å²) in [4.78, 5) is 15.8. The van der Waals surface area contributed by atoms with Gasteiger partial charge in [-0.2, -0.15) is 5.26 Å². The van der Waals surface area contributed by atoms with Gasteiger partial charge in [-0.15, -0.1) is 0 Å². The zero-order valence-corrected chi connectivity index (χ0v) is 9.42. The van der Waals surface area contributed by atoms with Crippen molar-refractivity contribution in [2.24, 2.45) is 0 Å². The van der Waals surface area contributed by atoms with E-state index in [2.05, 4.69) is 10.3 Å². The summed E-state index contributed by atoms with van der Waals surface area (Å²) >= 11 is 0. The summed E-state index contributed by atoms with van der Waals surface area (Å²) in [5.41, 5.74) is 7.16. The van der Waals surface area contributed by atoms with Crippen LogP contribution < -0.4 is 11.1 Å². The molecule has 18 heavy (non-hydrogen) atoms. The maximum absolute atomic E-state index is 12.0. The lowest BCUT2D eigenvalue weighted by molar-refractivity contribution is 0.102. The smallest absolute Gasteiger partial charge is 0.259 e. The zero-order chi connectivity index (χ0) is 13.0. The van der Waals surface area contributed by atoms with Crippen molar-refractivity contribution in [1.29, 1.82) is 5.26 Å². The van der Waals surface area contributed by atoms with Gasteiger partial charge in [0, 0.05) is 18.1 Å². The molecule has 1 aromatic heterocycles. The van der Waals surface area contributed by atoms with Crippen LogP contribution in [0.1, 0.15) is 15.9 Å². The van der Waals surface area contributed by atoms with Crippen LogP contribution >= 0.6 is 0 Å². The first kappa shape index (κ1) is 11.6. The summed E-state index contributed by atoms with van der Waals surface area (Å²) in [5.74, 6) is -0.386. The Morgan fingerprint density at radius 3 is 2.83 bits per heavy atom. The fourth-order valence-corrected chi connectivity index (χ4v) is 1.47. The van der Waals surface area contributed by atoms with E-state index < -0.39 is 0 Å². The molecule has 0 saturated carbocycles. The molecule has 2 aromatic rings. The van der Waals surface area contributed by atoms with Gasteiger partial charge in [0.1, 0.15) is 6.07 Å². The lowest BCUT2D eigenvalue weighted by Gasteiger charge is -2.07. The van der Waals surface area contributed by atoms with Gasteiger partial charge < -0.3 is 11.1 Å². The molecule has 0 atom stereocenters. The van der Waals surface area contributed by atoms with E-state index >= 15 is 0 Å². The molecule has 1 amide bonds. The van der Waals surface area contributed by atoms with Crippen LogP contribution in [-0.2, 0) is 0 Å². The Bertz CT molecular complexity index is 631. The van der Waals surface area contributed by atoms with Gasteiger partial charge in [-0.05, 0) is 18.2 Å². The summed E-state index contributed by atoms with van der Waals surface area (Å²) < 4.78 is 0. The lowest BCUT2D eigenvalue weighted by Crippen LogP contribution is -2.15. The van der Waals surface area contributed by atoms with Crippen LogP contribution in [0.3, 0.4) is 0 Å². The van der Waals surface area contributed by atoms with Crippen molar-refractivity contribution >= 4 is 17.3 Å². The first-order valence-corrected chi connectivity index (χ1v) is 5.22.